The summed E-state index contributed by atoms with van der Waals surface area (Å²) in [5, 5.41) is 20.0. The fraction of sp³-hybridized carbons (Fsp3) is 0.458. The first-order valence-corrected chi connectivity index (χ1v) is 87.7. The van der Waals surface area contributed by atoms with E-state index < -0.39 is 96.3 Å². The van der Waals surface area contributed by atoms with Gasteiger partial charge in [-0.3, -0.25) is 0 Å². The Labute approximate surface area is 781 Å². The van der Waals surface area contributed by atoms with Crippen LogP contribution in [0.5, 0.6) is 0 Å². The molecule has 0 amide bonds. The summed E-state index contributed by atoms with van der Waals surface area (Å²) in [6.07, 6.45) is 0. The maximum Gasteiger partial charge on any atom is 0.358 e. The van der Waals surface area contributed by atoms with E-state index in [2.05, 4.69) is 362 Å². The second-order valence-corrected chi connectivity index (χ2v) is 91.0. The average Bonchev–Trinajstić information content (AvgIpc) is 0.767. The minimum absolute atomic E-state index is 0. The van der Waals surface area contributed by atoms with Gasteiger partial charge in [-0.15, -0.1) is 0 Å². The van der Waals surface area contributed by atoms with E-state index in [0.717, 1.165) is 0 Å². The SMILES string of the molecule is C[SiH](C)c1ccccc1[SiH](C)C.C[SiH]1C[Si]2(C)C[SiH](C)C[Si](C)(C1)C2.C[Si](C)O[Si](C)O[SiH](C)C.C[Si](C)c1ccccc1[SiH](C)C.C[Si](C)c1ccccc1[SiH](C)C.C[Si](C)c1ccccc1[SiH](C)C.C[Si](C)c1ccccc1[SiH](C)C.C[Si](C)c1ccccc1[Si](C)C.[CH3+].[CH3+].[CH3+].[CH3+].[CH3+].[CH3+].[CH3+].[CH3+].[CH3+].[Ru].[Ru].[Ru].[Ru].[Ru]. The topological polar surface area (TPSA) is 18.5 Å². The largest absolute Gasteiger partial charge is 0.439 e. The van der Waals surface area contributed by atoms with Crippen LogP contribution >= 0.6 is 0 Å². The van der Waals surface area contributed by atoms with Gasteiger partial charge in [0.2, 0.25) is 0 Å². The van der Waals surface area contributed by atoms with E-state index in [9.17, 15) is 0 Å². The average molecular weight is 2240 g/mol. The number of hydrogen-bond donors (Lipinski definition) is 0. The molecule has 0 aliphatic carbocycles. The Balaban J connectivity index is -0.0000000775. The number of benzene rings is 6. The summed E-state index contributed by atoms with van der Waals surface area (Å²) >= 11 is 0. The molecule has 0 atom stereocenters. The van der Waals surface area contributed by atoms with Crippen LogP contribution in [0, 0.1) is 66.8 Å². The molecule has 0 unspecified atom stereocenters. The van der Waals surface area contributed by atoms with Crippen molar-refractivity contribution in [2.24, 2.45) is 0 Å². The van der Waals surface area contributed by atoms with Gasteiger partial charge in [-0.2, -0.15) is 0 Å². The second-order valence-electron chi connectivity index (χ2n) is 31.9. The Morgan fingerprint density at radius 1 is 0.275 bits per heavy atom. The summed E-state index contributed by atoms with van der Waals surface area (Å²) in [5.41, 5.74) is 9.15. The van der Waals surface area contributed by atoms with Crippen LogP contribution < -0.4 is 62.2 Å². The van der Waals surface area contributed by atoms with Crippen molar-refractivity contribution in [3.8, 4) is 0 Å². The molecule has 2 nitrogen and oxygen atoms in total. The van der Waals surface area contributed by atoms with E-state index >= 15 is 0 Å². The van der Waals surface area contributed by atoms with Gasteiger partial charge in [0.05, 0.1) is 106 Å². The van der Waals surface area contributed by atoms with Gasteiger partial charge in [0, 0.05) is 198 Å². The van der Waals surface area contributed by atoms with Gasteiger partial charge >= 0.3 is 9.28 Å². The molecule has 0 spiro atoms. The van der Waals surface area contributed by atoms with E-state index in [1.165, 1.54) is 0 Å². The third-order valence-electron chi connectivity index (χ3n) is 17.7. The number of rotatable bonds is 16. The summed E-state index contributed by atoms with van der Waals surface area (Å²) in [6.45, 7) is 79.0. The molecule has 6 aromatic rings. The summed E-state index contributed by atoms with van der Waals surface area (Å²) in [5.74, 6) is 0. The molecular formula is C83H169O2Ru5Si19+9. The van der Waals surface area contributed by atoms with Crippen LogP contribution in [0.15, 0.2) is 146 Å². The van der Waals surface area contributed by atoms with Crippen molar-refractivity contribution in [2.75, 3.05) is 0 Å². The minimum Gasteiger partial charge on any atom is -0.439 e. The Hall–Kier alpha value is 1.31. The molecule has 2 heterocycles. The van der Waals surface area contributed by atoms with Crippen molar-refractivity contribution >= 4 is 229 Å². The first kappa shape index (κ1) is 142. The van der Waals surface area contributed by atoms with Gasteiger partial charge in [-0.25, -0.2) is 0 Å². The molecule has 2 aliphatic heterocycles. The molecule has 620 valence electrons. The Morgan fingerprint density at radius 3 is 0.587 bits per heavy atom. The van der Waals surface area contributed by atoms with Crippen molar-refractivity contribution in [2.45, 2.75) is 244 Å². The second kappa shape index (κ2) is 74.4. The van der Waals surface area contributed by atoms with Crippen LogP contribution in [0.25, 0.3) is 0 Å². The Morgan fingerprint density at radius 2 is 0.440 bits per heavy atom. The summed E-state index contributed by atoms with van der Waals surface area (Å²) < 4.78 is 11.2. The van der Waals surface area contributed by atoms with E-state index in [1.54, 1.807) is 62.2 Å². The van der Waals surface area contributed by atoms with Gasteiger partial charge in [-0.1, -0.05) is 419 Å². The van der Waals surface area contributed by atoms with Crippen LogP contribution in [0.3, 0.4) is 0 Å². The maximum absolute atomic E-state index is 5.60. The molecule has 6 aromatic carbocycles. The Kier molecular flexibility index (Phi) is 96.9. The van der Waals surface area contributed by atoms with Crippen LogP contribution in [-0.2, 0) is 106 Å². The van der Waals surface area contributed by atoms with Crippen molar-refractivity contribution in [3.05, 3.63) is 212 Å². The normalized spacial score (nSPS) is 15.2. The zero-order chi connectivity index (χ0) is 72.7. The van der Waals surface area contributed by atoms with Gasteiger partial charge in [0.25, 0.3) is 0 Å². The van der Waals surface area contributed by atoms with E-state index in [4.69, 9.17) is 8.23 Å². The van der Waals surface area contributed by atoms with Crippen molar-refractivity contribution in [3.63, 3.8) is 0 Å². The van der Waals surface area contributed by atoms with Crippen LogP contribution in [0.4, 0.5) is 0 Å². The molecule has 109 heavy (non-hydrogen) atoms. The molecule has 2 aliphatic rings. The predicted octanol–water partition coefficient (Wildman–Crippen LogP) is 16.0. The zero-order valence-corrected chi connectivity index (χ0v) is 107. The molecule has 2 saturated heterocycles. The smallest absolute Gasteiger partial charge is 0.358 e. The summed E-state index contributed by atoms with van der Waals surface area (Å²) in [6, 6.07) is 53.9. The Bertz CT molecular complexity index is 2420. The molecule has 2 bridgehead atoms. The van der Waals surface area contributed by atoms with Gasteiger partial charge < -0.3 is 8.23 Å². The zero-order valence-electron chi connectivity index (χ0n) is 78.2. The van der Waals surface area contributed by atoms with E-state index in [-0.39, 0.29) is 235 Å². The van der Waals surface area contributed by atoms with Crippen LogP contribution in [-0.4, -0.2) is 167 Å². The van der Waals surface area contributed by atoms with E-state index in [1.807, 2.05) is 28.3 Å². The quantitative estimate of drug-likeness (QED) is 0.0710. The molecule has 2 fully saturated rings. The summed E-state index contributed by atoms with van der Waals surface area (Å²) in [4.78, 5) is 0. The first-order valence-electron chi connectivity index (χ1n) is 36.5. The molecule has 8 radical (unpaired) electrons. The molecule has 0 N–H and O–H groups in total. The van der Waals surface area contributed by atoms with Crippen LogP contribution in [0.2, 0.25) is 244 Å². The molecule has 0 aromatic heterocycles. The van der Waals surface area contributed by atoms with Gasteiger partial charge in [-0.05, 0) is 32.7 Å². The number of fused-ring (bicyclic) bond motifs is 2. The van der Waals surface area contributed by atoms with Gasteiger partial charge in [0.1, 0.15) is 0 Å². The summed E-state index contributed by atoms with van der Waals surface area (Å²) in [7, 11) is -8.96. The van der Waals surface area contributed by atoms with Crippen molar-refractivity contribution in [1.29, 1.82) is 0 Å². The first-order chi connectivity index (χ1) is 44.2. The van der Waals surface area contributed by atoms with Crippen molar-refractivity contribution < 1.29 is 106 Å². The van der Waals surface area contributed by atoms with Gasteiger partial charge in [0.15, 0.2) is 18.1 Å². The maximum atomic E-state index is 5.60. The fourth-order valence-corrected chi connectivity index (χ4v) is 95.0. The molecular weight excluding hydrogens is 2070 g/mol. The van der Waals surface area contributed by atoms with E-state index in [0.29, 0.717) is 0 Å². The third-order valence-corrected chi connectivity index (χ3v) is 78.9. The minimum atomic E-state index is -0.882. The molecule has 0 saturated carbocycles. The van der Waals surface area contributed by atoms with Crippen molar-refractivity contribution in [1.82, 2.24) is 0 Å². The van der Waals surface area contributed by atoms with Crippen LogP contribution in [0.1, 0.15) is 0 Å². The third kappa shape index (κ3) is 56.5. The molecule has 8 rings (SSSR count). The molecule has 26 heteroatoms. The number of hydrogen-bond acceptors (Lipinski definition) is 2. The predicted molar refractivity (Wildman–Crippen MR) is 554 cm³/mol. The monoisotopic (exact) mass is 2240 g/mol. The standard InChI is InChI=1S/C10H18Si2.4C10H17Si2.C10H16Si2.C9H24Si4.C5H16O2Si3.9CH3.5Ru/c6*1-11(2)9-7-5-6-8-10(9)12(3)4;1-10-5-12(3)7-11(2)8-13(4,6-10)9-12;1-8(2)6-10(5)7-9(3)4;;;;;;;;;;;;;;/h5-8,11-12H,1-4H3;4*5-8,11H,1-4H3;5-8H,1-4H3;10-11H,5-9H2,1-4H3;8H,1-5H3;9*1H3;;;;;/q;;;;;;;;9*+1;;;;;. The fourth-order valence-electron chi connectivity index (χ4n) is 14.4.